The van der Waals surface area contributed by atoms with Crippen LogP contribution in [0.15, 0.2) is 54.6 Å². The average molecular weight is 435 g/mol. The van der Waals surface area contributed by atoms with Crippen LogP contribution >= 0.6 is 0 Å². The van der Waals surface area contributed by atoms with E-state index in [0.717, 1.165) is 55.7 Å². The van der Waals surface area contributed by atoms with Crippen LogP contribution < -0.4 is 16.4 Å². The Balaban J connectivity index is 2.36. The van der Waals surface area contributed by atoms with Crippen LogP contribution in [0.4, 0.5) is 26.3 Å². The van der Waals surface area contributed by atoms with E-state index < -0.39 is 41.0 Å². The standard InChI is InChI=1S/C24H22BF6/c1-2-3-4-5-6-25(16-7-19(26)13-20(27)8-16,17-9-21(28)14-22(29)10-17)18-11-23(30)15-24(31)12-18/h7-15H,2-6H2,1H3/q-1. The molecule has 0 radical (unpaired) electrons. The molecule has 3 rings (SSSR count). The zero-order chi connectivity index (χ0) is 22.6. The molecule has 0 aromatic heterocycles. The van der Waals surface area contributed by atoms with Gasteiger partial charge in [0.05, 0.1) is 6.15 Å². The molecular weight excluding hydrogens is 413 g/mol. The maximum Gasteiger partial charge on any atom is 0.123 e. The summed E-state index contributed by atoms with van der Waals surface area (Å²) in [4.78, 5) is 0. The first-order chi connectivity index (χ1) is 14.7. The molecular formula is C24H22BF6-. The smallest absolute Gasteiger partial charge is 0.123 e. The Labute approximate surface area is 177 Å². The lowest BCUT2D eigenvalue weighted by Crippen LogP contribution is -2.67. The van der Waals surface area contributed by atoms with Crippen molar-refractivity contribution in [1.82, 2.24) is 0 Å². The van der Waals surface area contributed by atoms with Gasteiger partial charge in [0.2, 0.25) is 0 Å². The molecule has 7 heteroatoms. The maximum absolute atomic E-state index is 14.2. The van der Waals surface area contributed by atoms with Gasteiger partial charge in [-0.2, -0.15) is 22.7 Å². The van der Waals surface area contributed by atoms with Crippen molar-refractivity contribution in [1.29, 1.82) is 0 Å². The molecule has 0 aliphatic rings. The van der Waals surface area contributed by atoms with Gasteiger partial charge < -0.3 is 0 Å². The first-order valence-corrected chi connectivity index (χ1v) is 10.3. The van der Waals surface area contributed by atoms with Crippen molar-refractivity contribution in [2.24, 2.45) is 0 Å². The van der Waals surface area contributed by atoms with Crippen molar-refractivity contribution >= 4 is 22.5 Å². The highest BCUT2D eigenvalue weighted by molar-refractivity contribution is 7.11. The SMILES string of the molecule is CCCCCC[B-](c1cc(F)cc(F)c1)(c1cc(F)cc(F)c1)c1cc(F)cc(F)c1. The summed E-state index contributed by atoms with van der Waals surface area (Å²) in [6.45, 7) is 2.00. The minimum atomic E-state index is -2.48. The second kappa shape index (κ2) is 9.63. The van der Waals surface area contributed by atoms with Crippen molar-refractivity contribution in [3.8, 4) is 0 Å². The monoisotopic (exact) mass is 435 g/mol. The molecule has 164 valence electrons. The van der Waals surface area contributed by atoms with Gasteiger partial charge in [-0.05, 0) is 0 Å². The molecule has 3 aromatic rings. The van der Waals surface area contributed by atoms with Crippen molar-refractivity contribution in [3.63, 3.8) is 0 Å². The summed E-state index contributed by atoms with van der Waals surface area (Å²) < 4.78 is 85.3. The molecule has 0 aliphatic heterocycles. The van der Waals surface area contributed by atoms with E-state index in [1.54, 1.807) is 0 Å². The molecule has 0 bridgehead atoms. The quantitative estimate of drug-likeness (QED) is 0.247. The fraction of sp³-hybridized carbons (Fsp3) is 0.250. The third-order valence-electron chi connectivity index (χ3n) is 5.85. The van der Waals surface area contributed by atoms with Crippen molar-refractivity contribution in [2.45, 2.75) is 38.9 Å². The predicted molar refractivity (Wildman–Crippen MR) is 113 cm³/mol. The summed E-state index contributed by atoms with van der Waals surface area (Å²) in [6.07, 6.45) is 0.782. The largest absolute Gasteiger partial charge is 0.207 e. The van der Waals surface area contributed by atoms with Gasteiger partial charge in [-0.25, -0.2) is 26.3 Å². The molecule has 0 amide bonds. The average Bonchev–Trinajstić information content (AvgIpc) is 2.66. The molecule has 0 aliphatic carbocycles. The van der Waals surface area contributed by atoms with Crippen molar-refractivity contribution < 1.29 is 26.3 Å². The molecule has 0 unspecified atom stereocenters. The topological polar surface area (TPSA) is 0 Å². The lowest BCUT2D eigenvalue weighted by atomic mass is 9.14. The van der Waals surface area contributed by atoms with Crippen molar-refractivity contribution in [3.05, 3.63) is 89.5 Å². The van der Waals surface area contributed by atoms with Gasteiger partial charge in [0.1, 0.15) is 34.9 Å². The lowest BCUT2D eigenvalue weighted by molar-refractivity contribution is 0.585. The van der Waals surface area contributed by atoms with Gasteiger partial charge in [0, 0.05) is 18.2 Å². The summed E-state index contributed by atoms with van der Waals surface area (Å²) in [5.74, 6) is -5.31. The van der Waals surface area contributed by atoms with Crippen LogP contribution in [0.5, 0.6) is 0 Å². The fourth-order valence-corrected chi connectivity index (χ4v) is 4.53. The van der Waals surface area contributed by atoms with Gasteiger partial charge >= 0.3 is 0 Å². The molecule has 31 heavy (non-hydrogen) atoms. The number of halogens is 6. The highest BCUT2D eigenvalue weighted by Crippen LogP contribution is 2.21. The zero-order valence-corrected chi connectivity index (χ0v) is 17.1. The minimum absolute atomic E-state index is 0.0870. The molecule has 0 spiro atoms. The Bertz CT molecular complexity index is 880. The van der Waals surface area contributed by atoms with E-state index in [4.69, 9.17) is 0 Å². The van der Waals surface area contributed by atoms with E-state index in [-0.39, 0.29) is 22.7 Å². The molecule has 0 saturated carbocycles. The van der Waals surface area contributed by atoms with E-state index in [2.05, 4.69) is 0 Å². The summed E-state index contributed by atoms with van der Waals surface area (Å²) >= 11 is 0. The minimum Gasteiger partial charge on any atom is -0.207 e. The highest BCUT2D eigenvalue weighted by atomic mass is 19.2. The van der Waals surface area contributed by atoms with Crippen LogP contribution in [0.3, 0.4) is 0 Å². The van der Waals surface area contributed by atoms with Crippen LogP contribution in [-0.4, -0.2) is 6.15 Å². The Kier molecular flexibility index (Phi) is 7.13. The van der Waals surface area contributed by atoms with Crippen LogP contribution in [0, 0.1) is 34.9 Å². The normalized spacial score (nSPS) is 11.7. The second-order valence-corrected chi connectivity index (χ2v) is 8.00. The summed E-state index contributed by atoms with van der Waals surface area (Å²) in [5.41, 5.74) is 0.261. The molecule has 0 heterocycles. The first kappa shape index (κ1) is 23.0. The van der Waals surface area contributed by atoms with E-state index in [1.807, 2.05) is 6.92 Å². The van der Waals surface area contributed by atoms with Crippen LogP contribution in [-0.2, 0) is 0 Å². The summed E-state index contributed by atoms with van der Waals surface area (Å²) in [6, 6.07) is 8.42. The van der Waals surface area contributed by atoms with Gasteiger partial charge in [0.25, 0.3) is 0 Å². The molecule has 0 N–H and O–H groups in total. The van der Waals surface area contributed by atoms with Crippen molar-refractivity contribution in [2.75, 3.05) is 0 Å². The van der Waals surface area contributed by atoms with Gasteiger partial charge in [0.15, 0.2) is 0 Å². The van der Waals surface area contributed by atoms with Crippen LogP contribution in [0.1, 0.15) is 32.6 Å². The molecule has 3 aromatic carbocycles. The predicted octanol–water partition coefficient (Wildman–Crippen LogP) is 5.57. The number of unbranched alkanes of at least 4 members (excludes halogenated alkanes) is 3. The zero-order valence-electron chi connectivity index (χ0n) is 17.1. The van der Waals surface area contributed by atoms with Crippen LogP contribution in [0.2, 0.25) is 6.32 Å². The third-order valence-corrected chi connectivity index (χ3v) is 5.85. The van der Waals surface area contributed by atoms with Crippen LogP contribution in [0.25, 0.3) is 0 Å². The first-order valence-electron chi connectivity index (χ1n) is 10.3. The van der Waals surface area contributed by atoms with Gasteiger partial charge in [-0.1, -0.05) is 69.0 Å². The number of rotatable bonds is 8. The molecule has 0 atom stereocenters. The molecule has 0 nitrogen and oxygen atoms in total. The molecule has 0 saturated heterocycles. The highest BCUT2D eigenvalue weighted by Gasteiger charge is 2.32. The number of hydrogen-bond acceptors (Lipinski definition) is 0. The number of hydrogen-bond donors (Lipinski definition) is 0. The van der Waals surface area contributed by atoms with E-state index in [0.29, 0.717) is 24.6 Å². The summed E-state index contributed by atoms with van der Waals surface area (Å²) in [7, 11) is 0. The van der Waals surface area contributed by atoms with E-state index >= 15 is 0 Å². The van der Waals surface area contributed by atoms with E-state index in [1.165, 1.54) is 0 Å². The number of benzene rings is 3. The Morgan fingerprint density at radius 2 is 0.806 bits per heavy atom. The van der Waals surface area contributed by atoms with E-state index in [9.17, 15) is 26.3 Å². The third kappa shape index (κ3) is 5.14. The maximum atomic E-state index is 14.2. The Morgan fingerprint density at radius 1 is 0.484 bits per heavy atom. The Hall–Kier alpha value is -2.70. The second-order valence-electron chi connectivity index (χ2n) is 8.00. The van der Waals surface area contributed by atoms with Gasteiger partial charge in [-0.3, -0.25) is 0 Å². The molecule has 0 fully saturated rings. The van der Waals surface area contributed by atoms with Gasteiger partial charge in [-0.15, -0.1) is 0 Å². The fourth-order valence-electron chi connectivity index (χ4n) is 4.53. The lowest BCUT2D eigenvalue weighted by Gasteiger charge is -2.43. The Morgan fingerprint density at radius 3 is 1.10 bits per heavy atom. The summed E-state index contributed by atoms with van der Waals surface area (Å²) in [5, 5.41) is 0.